The smallest absolute Gasteiger partial charge is 0.415 e. The minimum atomic E-state index is -6.11. The van der Waals surface area contributed by atoms with Gasteiger partial charge in [-0.15, -0.1) is 10.2 Å². The van der Waals surface area contributed by atoms with E-state index in [-0.39, 0.29) is 30.0 Å². The summed E-state index contributed by atoms with van der Waals surface area (Å²) < 4.78 is 111. The predicted octanol–water partition coefficient (Wildman–Crippen LogP) is 5.35. The third-order valence-corrected chi connectivity index (χ3v) is 7.01. The number of carbonyl (C=O) groups is 2. The van der Waals surface area contributed by atoms with Crippen LogP contribution in [-0.4, -0.2) is 63.0 Å². The quantitative estimate of drug-likeness (QED) is 0.384. The van der Waals surface area contributed by atoms with Gasteiger partial charge in [0.25, 0.3) is 11.8 Å². The van der Waals surface area contributed by atoms with Crippen LogP contribution in [0.3, 0.4) is 0 Å². The number of halogens is 8. The normalized spacial score (nSPS) is 19.9. The molecule has 2 atom stereocenters. The SMILES string of the molecule is O=C1c2cc(-c3nnc(C(F)F)o3)ccc2CN1[C@@H]1CN(C(=O)C(F)(F)C(F)(F)F)CC[C@@H]1c1ccc(F)cc1. The van der Waals surface area contributed by atoms with Crippen LogP contribution in [0.4, 0.5) is 35.1 Å². The Balaban J connectivity index is 1.47. The van der Waals surface area contributed by atoms with Crippen molar-refractivity contribution >= 4 is 11.8 Å². The standard InChI is InChI=1S/C25H18F8N4O3/c26-15-5-3-12(4-6-15)16-7-8-36(23(39)24(29,30)25(31,32)33)11-18(16)37-10-14-2-1-13(9-17(14)22(37)38)20-34-35-21(40-20)19(27)28/h1-6,9,16,18-19H,7-8,10-11H2/t16-,18-/m1/s1. The molecule has 2 aliphatic heterocycles. The van der Waals surface area contributed by atoms with Crippen molar-refractivity contribution in [2.45, 2.75) is 43.4 Å². The third-order valence-electron chi connectivity index (χ3n) is 7.01. The lowest BCUT2D eigenvalue weighted by molar-refractivity contribution is -0.275. The number of fused-ring (bicyclic) bond motifs is 1. The lowest BCUT2D eigenvalue weighted by Crippen LogP contribution is -2.59. The van der Waals surface area contributed by atoms with Gasteiger partial charge < -0.3 is 14.2 Å². The van der Waals surface area contributed by atoms with Crippen molar-refractivity contribution < 1.29 is 49.1 Å². The molecule has 0 unspecified atom stereocenters. The molecular formula is C25H18F8N4O3. The molecule has 40 heavy (non-hydrogen) atoms. The van der Waals surface area contributed by atoms with Crippen molar-refractivity contribution in [3.63, 3.8) is 0 Å². The van der Waals surface area contributed by atoms with Crippen molar-refractivity contribution in [3.05, 3.63) is 70.9 Å². The van der Waals surface area contributed by atoms with E-state index in [1.807, 2.05) is 0 Å². The van der Waals surface area contributed by atoms with Gasteiger partial charge in [-0.2, -0.15) is 30.7 Å². The molecule has 2 aromatic carbocycles. The van der Waals surface area contributed by atoms with E-state index in [0.29, 0.717) is 16.0 Å². The summed E-state index contributed by atoms with van der Waals surface area (Å²) in [6.45, 7) is -1.17. The fourth-order valence-electron chi connectivity index (χ4n) is 5.01. The van der Waals surface area contributed by atoms with Gasteiger partial charge in [0, 0.05) is 36.7 Å². The third kappa shape index (κ3) is 4.77. The average Bonchev–Trinajstić information content (AvgIpc) is 3.53. The topological polar surface area (TPSA) is 79.5 Å². The number of amides is 2. The summed E-state index contributed by atoms with van der Waals surface area (Å²) in [6, 6.07) is 8.31. The zero-order valence-corrected chi connectivity index (χ0v) is 20.1. The molecule has 15 heteroatoms. The molecule has 0 saturated carbocycles. The van der Waals surface area contributed by atoms with Crippen LogP contribution in [0, 0.1) is 5.82 Å². The van der Waals surface area contributed by atoms with E-state index < -0.39 is 67.1 Å². The number of piperidine rings is 1. The molecule has 7 nitrogen and oxygen atoms in total. The molecular weight excluding hydrogens is 556 g/mol. The number of nitrogens with zero attached hydrogens (tertiary/aromatic N) is 4. The summed E-state index contributed by atoms with van der Waals surface area (Å²) in [5.74, 6) is -11.1. The van der Waals surface area contributed by atoms with Crippen LogP contribution in [0.15, 0.2) is 46.9 Å². The second kappa shape index (κ2) is 9.86. The first kappa shape index (κ1) is 27.5. The molecule has 0 N–H and O–H groups in total. The fourth-order valence-corrected chi connectivity index (χ4v) is 5.01. The summed E-state index contributed by atoms with van der Waals surface area (Å²) in [5, 5.41) is 6.78. The molecule has 1 saturated heterocycles. The molecule has 212 valence electrons. The summed E-state index contributed by atoms with van der Waals surface area (Å²) in [5.41, 5.74) is 1.19. The van der Waals surface area contributed by atoms with Gasteiger partial charge in [0.1, 0.15) is 5.82 Å². The lowest BCUT2D eigenvalue weighted by atomic mass is 9.84. The molecule has 0 bridgehead atoms. The number of rotatable bonds is 5. The van der Waals surface area contributed by atoms with Crippen LogP contribution >= 0.6 is 0 Å². The van der Waals surface area contributed by atoms with E-state index >= 15 is 0 Å². The fraction of sp³-hybridized carbons (Fsp3) is 0.360. The Morgan fingerprint density at radius 2 is 1.73 bits per heavy atom. The van der Waals surface area contributed by atoms with Crippen LogP contribution in [-0.2, 0) is 11.3 Å². The van der Waals surface area contributed by atoms with Gasteiger partial charge in [-0.05, 0) is 41.8 Å². The summed E-state index contributed by atoms with van der Waals surface area (Å²) in [7, 11) is 0. The largest absolute Gasteiger partial charge is 0.463 e. The second-order valence-corrected chi connectivity index (χ2v) is 9.39. The van der Waals surface area contributed by atoms with E-state index in [1.54, 1.807) is 0 Å². The first-order valence-corrected chi connectivity index (χ1v) is 11.8. The van der Waals surface area contributed by atoms with Crippen molar-refractivity contribution in [1.82, 2.24) is 20.0 Å². The molecule has 2 aliphatic rings. The number of carbonyl (C=O) groups excluding carboxylic acids is 2. The maximum absolute atomic E-state index is 13.9. The number of benzene rings is 2. The Bertz CT molecular complexity index is 1440. The van der Waals surface area contributed by atoms with E-state index in [0.717, 1.165) is 12.1 Å². The van der Waals surface area contributed by atoms with E-state index in [1.165, 1.54) is 35.2 Å². The first-order valence-electron chi connectivity index (χ1n) is 11.8. The summed E-state index contributed by atoms with van der Waals surface area (Å²) in [6.07, 6.45) is -9.21. The van der Waals surface area contributed by atoms with Crippen molar-refractivity contribution in [2.75, 3.05) is 13.1 Å². The maximum Gasteiger partial charge on any atom is 0.463 e. The number of hydrogen-bond acceptors (Lipinski definition) is 5. The van der Waals surface area contributed by atoms with E-state index in [2.05, 4.69) is 10.2 Å². The molecule has 0 spiro atoms. The number of hydrogen-bond donors (Lipinski definition) is 0. The van der Waals surface area contributed by atoms with Gasteiger partial charge >= 0.3 is 24.4 Å². The maximum atomic E-state index is 13.9. The highest BCUT2D eigenvalue weighted by atomic mass is 19.4. The summed E-state index contributed by atoms with van der Waals surface area (Å²) in [4.78, 5) is 27.4. The number of alkyl halides is 7. The molecule has 1 fully saturated rings. The zero-order chi connectivity index (χ0) is 29.0. The Morgan fingerprint density at radius 1 is 1.02 bits per heavy atom. The molecule has 3 heterocycles. The highest BCUT2D eigenvalue weighted by Gasteiger charge is 2.65. The van der Waals surface area contributed by atoms with Gasteiger partial charge in [0.2, 0.25) is 5.89 Å². The van der Waals surface area contributed by atoms with Crippen LogP contribution < -0.4 is 0 Å². The zero-order valence-electron chi connectivity index (χ0n) is 20.1. The van der Waals surface area contributed by atoms with Crippen molar-refractivity contribution in [2.24, 2.45) is 0 Å². The van der Waals surface area contributed by atoms with Crippen molar-refractivity contribution in [3.8, 4) is 11.5 Å². The minimum Gasteiger partial charge on any atom is -0.415 e. The monoisotopic (exact) mass is 574 g/mol. The Hall–Kier alpha value is -4.04. The van der Waals surface area contributed by atoms with Gasteiger partial charge in [-0.3, -0.25) is 9.59 Å². The Kier molecular flexibility index (Phi) is 6.78. The van der Waals surface area contributed by atoms with Crippen LogP contribution in [0.5, 0.6) is 0 Å². The molecule has 2 amide bonds. The van der Waals surface area contributed by atoms with Gasteiger partial charge in [-0.1, -0.05) is 18.2 Å². The minimum absolute atomic E-state index is 0.0827. The van der Waals surface area contributed by atoms with Gasteiger partial charge in [0.05, 0.1) is 6.04 Å². The second-order valence-electron chi connectivity index (χ2n) is 9.39. The molecule has 3 aromatic rings. The van der Waals surface area contributed by atoms with Crippen LogP contribution in [0.2, 0.25) is 0 Å². The molecule has 5 rings (SSSR count). The molecule has 0 radical (unpaired) electrons. The van der Waals surface area contributed by atoms with E-state index in [4.69, 9.17) is 4.42 Å². The number of likely N-dealkylation sites (tertiary alicyclic amines) is 1. The van der Waals surface area contributed by atoms with Crippen LogP contribution in [0.1, 0.15) is 46.1 Å². The first-order chi connectivity index (χ1) is 18.8. The van der Waals surface area contributed by atoms with E-state index in [9.17, 15) is 44.7 Å². The molecule has 1 aromatic heterocycles. The highest BCUT2D eigenvalue weighted by Crippen LogP contribution is 2.41. The average molecular weight is 574 g/mol. The summed E-state index contributed by atoms with van der Waals surface area (Å²) >= 11 is 0. The van der Waals surface area contributed by atoms with Crippen LogP contribution in [0.25, 0.3) is 11.5 Å². The van der Waals surface area contributed by atoms with Gasteiger partial charge in [-0.25, -0.2) is 4.39 Å². The lowest BCUT2D eigenvalue weighted by Gasteiger charge is -2.43. The Labute approximate surface area is 220 Å². The van der Waals surface area contributed by atoms with Gasteiger partial charge in [0.15, 0.2) is 0 Å². The molecule has 0 aliphatic carbocycles. The van der Waals surface area contributed by atoms with Crippen molar-refractivity contribution in [1.29, 1.82) is 0 Å². The number of aromatic nitrogens is 2. The Morgan fingerprint density at radius 3 is 2.35 bits per heavy atom. The predicted molar refractivity (Wildman–Crippen MR) is 120 cm³/mol. The highest BCUT2D eigenvalue weighted by molar-refractivity contribution is 5.99.